The Morgan fingerprint density at radius 1 is 0.685 bits per heavy atom. The molecule has 8 rings (SSSR count). The molecule has 416 valence electrons. The Balaban J connectivity index is 0.973. The van der Waals surface area contributed by atoms with Gasteiger partial charge in [-0.25, -0.2) is 0 Å². The second-order valence-electron chi connectivity index (χ2n) is 24.6. The summed E-state index contributed by atoms with van der Waals surface area (Å²) in [6, 6.07) is 0. The van der Waals surface area contributed by atoms with Gasteiger partial charge in [-0.1, -0.05) is 53.2 Å². The summed E-state index contributed by atoms with van der Waals surface area (Å²) in [7, 11) is 1.21. The molecular weight excluding hydrogens is 961 g/mol. The first-order valence-corrected chi connectivity index (χ1v) is 26.2. The Bertz CT molecular complexity index is 2050. The van der Waals surface area contributed by atoms with Gasteiger partial charge < -0.3 is 89.0 Å². The van der Waals surface area contributed by atoms with Crippen molar-refractivity contribution in [1.82, 2.24) is 0 Å². The first-order chi connectivity index (χ1) is 34.1. The molecule has 21 heteroatoms. The molecule has 0 aromatic heterocycles. The molecule has 73 heavy (non-hydrogen) atoms. The molecule has 10 N–H and O–H groups in total. The van der Waals surface area contributed by atoms with Crippen LogP contribution in [0.2, 0.25) is 0 Å². The maximum absolute atomic E-state index is 15.1. The standard InChI is InChI=1S/C52H82O21/c1-24-34(57)36(59)39(62)44(69-24)72-42-27(21-53)70-43(41(64)38(42)61)67-22-28-35(58)37(60)40(63)45(71-28)73-46(65)52-17-15-47(2,3)20-26(52)25-9-10-30-48(4)13-12-31(54)49(5,23-68-33(56)19-32(55)66-8)29(48)11-14-51(30,7)50(25,6)16-18-52/h9,24,26-31,34-45,53-54,57-64H,10-23H2,1-8H3/t24-,26+,27+,28+,29-,30+,31-,34-,35+,36+,37-,38+,39+,40+,41+,42+,43+,44-,45-,48-,49-,50+,51+,52-/m0/s1. The Hall–Kier alpha value is -2.45. The largest absolute Gasteiger partial charge is 0.469 e. The molecule has 0 radical (unpaired) electrons. The summed E-state index contributed by atoms with van der Waals surface area (Å²) in [6.45, 7) is 13.4. The third-order valence-electron chi connectivity index (χ3n) is 20.1. The topological polar surface area (TPSA) is 327 Å². The zero-order valence-corrected chi connectivity index (χ0v) is 43.4. The molecule has 3 heterocycles. The number of aliphatic hydroxyl groups is 10. The SMILES string of the molecule is COC(=O)CC(=O)OC[C@@]1(C)[C@H]2CC[C@]3(C)[C@H](CC=C4[C@H]5CC(C)(C)CC[C@]5(C(=O)O[C@@H]5O[C@H](CO[C@@H]6O[C@H](CO)[C@@H](O[C@@H]7O[C@@H](C)[C@H](O)[C@@H](O)[C@H]7O)[C@H](O)[C@H]6O)[C@@H](O)[C@H](O)[C@H]5O)CC[C@]43C)[C@@]2(C)CC[C@@H]1O. The predicted molar refractivity (Wildman–Crippen MR) is 251 cm³/mol. The Labute approximate surface area is 426 Å². The van der Waals surface area contributed by atoms with E-state index in [1.54, 1.807) is 0 Å². The van der Waals surface area contributed by atoms with Crippen molar-refractivity contribution in [3.8, 4) is 0 Å². The van der Waals surface area contributed by atoms with Crippen molar-refractivity contribution in [3.63, 3.8) is 0 Å². The monoisotopic (exact) mass is 1040 g/mol. The first kappa shape index (κ1) is 56.7. The fourth-order valence-electron chi connectivity index (χ4n) is 15.3. The Morgan fingerprint density at radius 3 is 2.01 bits per heavy atom. The van der Waals surface area contributed by atoms with Crippen LogP contribution in [-0.4, -0.2) is 194 Å². The summed E-state index contributed by atoms with van der Waals surface area (Å²) in [4.78, 5) is 39.6. The van der Waals surface area contributed by atoms with Gasteiger partial charge in [0.05, 0.1) is 44.6 Å². The van der Waals surface area contributed by atoms with E-state index in [-0.39, 0.29) is 46.0 Å². The molecular formula is C52H82O21. The molecule has 21 nitrogen and oxygen atoms in total. The van der Waals surface area contributed by atoms with Crippen LogP contribution >= 0.6 is 0 Å². The van der Waals surface area contributed by atoms with E-state index in [0.717, 1.165) is 25.7 Å². The number of carbonyl (C=O) groups excluding carboxylic acids is 3. The van der Waals surface area contributed by atoms with Crippen molar-refractivity contribution in [2.75, 3.05) is 26.9 Å². The number of allylic oxidation sites excluding steroid dienone is 2. The van der Waals surface area contributed by atoms with Crippen LogP contribution in [0.4, 0.5) is 0 Å². The van der Waals surface area contributed by atoms with Crippen LogP contribution in [-0.2, 0) is 52.3 Å². The van der Waals surface area contributed by atoms with E-state index in [9.17, 15) is 60.7 Å². The van der Waals surface area contributed by atoms with Crippen LogP contribution in [0.25, 0.3) is 0 Å². The van der Waals surface area contributed by atoms with Crippen molar-refractivity contribution in [2.45, 2.75) is 217 Å². The lowest BCUT2D eigenvalue weighted by Crippen LogP contribution is -2.66. The normalized spacial score (nSPS) is 50.4. The lowest BCUT2D eigenvalue weighted by molar-refractivity contribution is -0.361. The number of hydrogen-bond donors (Lipinski definition) is 10. The number of hydrogen-bond acceptors (Lipinski definition) is 21. The molecule has 0 unspecified atom stereocenters. The molecule has 0 aromatic carbocycles. The van der Waals surface area contributed by atoms with Gasteiger partial charge in [0.25, 0.3) is 0 Å². The maximum atomic E-state index is 15.1. The molecule has 0 bridgehead atoms. The van der Waals surface area contributed by atoms with E-state index in [1.807, 2.05) is 6.92 Å². The van der Waals surface area contributed by atoms with Gasteiger partial charge in [0.15, 0.2) is 12.6 Å². The zero-order valence-electron chi connectivity index (χ0n) is 43.4. The molecule has 0 aromatic rings. The second-order valence-corrected chi connectivity index (χ2v) is 24.6. The molecule has 24 atom stereocenters. The van der Waals surface area contributed by atoms with Gasteiger partial charge >= 0.3 is 17.9 Å². The third kappa shape index (κ3) is 9.63. The minimum Gasteiger partial charge on any atom is -0.469 e. The number of esters is 3. The second kappa shape index (κ2) is 20.7. The number of ether oxygens (including phenoxy) is 8. The summed E-state index contributed by atoms with van der Waals surface area (Å²) in [5.74, 6) is -2.03. The van der Waals surface area contributed by atoms with Gasteiger partial charge in [-0.15, -0.1) is 0 Å². The quantitative estimate of drug-likeness (QED) is 0.0542. The fraction of sp³-hybridized carbons (Fsp3) is 0.904. The van der Waals surface area contributed by atoms with Crippen molar-refractivity contribution in [1.29, 1.82) is 0 Å². The molecule has 4 saturated carbocycles. The smallest absolute Gasteiger partial charge is 0.317 e. The van der Waals surface area contributed by atoms with Gasteiger partial charge in [0.2, 0.25) is 6.29 Å². The van der Waals surface area contributed by atoms with Crippen molar-refractivity contribution in [2.24, 2.45) is 50.2 Å². The maximum Gasteiger partial charge on any atom is 0.317 e. The van der Waals surface area contributed by atoms with Crippen LogP contribution in [0, 0.1) is 50.2 Å². The summed E-state index contributed by atoms with van der Waals surface area (Å²) in [5, 5.41) is 108. The third-order valence-corrected chi connectivity index (χ3v) is 20.1. The highest BCUT2D eigenvalue weighted by Gasteiger charge is 2.70. The summed E-state index contributed by atoms with van der Waals surface area (Å²) in [6.07, 6.45) is -16.7. The molecule has 0 amide bonds. The number of methoxy groups -OCH3 is 1. The van der Waals surface area contributed by atoms with Gasteiger partial charge in [0.1, 0.15) is 73.6 Å². The predicted octanol–water partition coefficient (Wildman–Crippen LogP) is 0.255. The number of fused-ring (bicyclic) bond motifs is 7. The highest BCUT2D eigenvalue weighted by molar-refractivity contribution is 5.91. The van der Waals surface area contributed by atoms with E-state index in [1.165, 1.54) is 19.6 Å². The highest BCUT2D eigenvalue weighted by atomic mass is 16.8. The molecule has 8 aliphatic rings. The van der Waals surface area contributed by atoms with Crippen LogP contribution in [0.1, 0.15) is 119 Å². The van der Waals surface area contributed by atoms with Gasteiger partial charge in [0, 0.05) is 5.41 Å². The van der Waals surface area contributed by atoms with Crippen molar-refractivity contribution >= 4 is 17.9 Å². The number of aliphatic hydroxyl groups excluding tert-OH is 10. The lowest BCUT2D eigenvalue weighted by atomic mass is 9.33. The average molecular weight is 1040 g/mol. The van der Waals surface area contributed by atoms with E-state index < -0.39 is 147 Å². The van der Waals surface area contributed by atoms with Crippen molar-refractivity contribution < 1.29 is 103 Å². The van der Waals surface area contributed by atoms with Crippen LogP contribution in [0.3, 0.4) is 0 Å². The molecule has 5 aliphatic carbocycles. The Kier molecular flexibility index (Phi) is 16.1. The first-order valence-electron chi connectivity index (χ1n) is 26.2. The average Bonchev–Trinajstić information content (AvgIpc) is 3.34. The van der Waals surface area contributed by atoms with E-state index in [2.05, 4.69) is 45.4 Å². The number of rotatable bonds is 12. The Morgan fingerprint density at radius 2 is 1.33 bits per heavy atom. The lowest BCUT2D eigenvalue weighted by Gasteiger charge is -2.71. The van der Waals surface area contributed by atoms with Gasteiger partial charge in [-0.05, 0) is 111 Å². The minimum atomic E-state index is -1.87. The van der Waals surface area contributed by atoms with E-state index >= 15 is 4.79 Å². The van der Waals surface area contributed by atoms with Crippen molar-refractivity contribution in [3.05, 3.63) is 11.6 Å². The number of carbonyl (C=O) groups is 3. The fourth-order valence-corrected chi connectivity index (χ4v) is 15.3. The van der Waals surface area contributed by atoms with Crippen LogP contribution < -0.4 is 0 Å². The summed E-state index contributed by atoms with van der Waals surface area (Å²) < 4.78 is 45.2. The molecule has 0 spiro atoms. The van der Waals surface area contributed by atoms with Crippen LogP contribution in [0.15, 0.2) is 11.6 Å². The molecule has 7 fully saturated rings. The van der Waals surface area contributed by atoms with Gasteiger partial charge in [-0.2, -0.15) is 0 Å². The van der Waals surface area contributed by atoms with Crippen LogP contribution in [0.5, 0.6) is 0 Å². The molecule has 3 aliphatic heterocycles. The summed E-state index contributed by atoms with van der Waals surface area (Å²) in [5.41, 5.74) is -1.52. The van der Waals surface area contributed by atoms with E-state index in [0.29, 0.717) is 38.5 Å². The van der Waals surface area contributed by atoms with Gasteiger partial charge in [-0.3, -0.25) is 14.4 Å². The minimum absolute atomic E-state index is 0.00845. The zero-order chi connectivity index (χ0) is 53.5. The highest BCUT2D eigenvalue weighted by Crippen LogP contribution is 2.76. The summed E-state index contributed by atoms with van der Waals surface area (Å²) >= 11 is 0. The van der Waals surface area contributed by atoms with E-state index in [4.69, 9.17) is 33.2 Å². The molecule has 3 saturated heterocycles.